The largest absolute Gasteiger partial charge is 0.338 e. The number of rotatable bonds is 1. The average Bonchev–Trinajstić information content (AvgIpc) is 2.99. The fourth-order valence-corrected chi connectivity index (χ4v) is 3.14. The van der Waals surface area contributed by atoms with Crippen LogP contribution in [0.25, 0.3) is 32.6 Å². The smallest absolute Gasteiger partial charge is 0.138 e. The molecule has 2 aromatic heterocycles. The summed E-state index contributed by atoms with van der Waals surface area (Å²) in [6.45, 7) is 2.03. The molecule has 0 aliphatic rings. The van der Waals surface area contributed by atoms with Gasteiger partial charge in [0.2, 0.25) is 0 Å². The van der Waals surface area contributed by atoms with Crippen LogP contribution in [-0.2, 0) is 0 Å². The van der Waals surface area contributed by atoms with Crippen molar-refractivity contribution >= 4 is 32.6 Å². The third-order valence-corrected chi connectivity index (χ3v) is 4.09. The Morgan fingerprint density at radius 1 is 1.00 bits per heavy atom. The molecule has 0 fully saturated rings. The Morgan fingerprint density at radius 2 is 1.89 bits per heavy atom. The first-order valence-corrected chi connectivity index (χ1v) is 6.93. The van der Waals surface area contributed by atoms with Crippen molar-refractivity contribution in [1.29, 1.82) is 0 Å². The van der Waals surface area contributed by atoms with Gasteiger partial charge in [0.25, 0.3) is 0 Å². The molecule has 0 radical (unpaired) electrons. The summed E-state index contributed by atoms with van der Waals surface area (Å²) in [5.74, 6) is 0.911. The minimum Gasteiger partial charge on any atom is -0.338 e. The molecule has 0 amide bonds. The van der Waals surface area contributed by atoms with Gasteiger partial charge in [-0.2, -0.15) is 0 Å². The topological polar surface area (TPSA) is 41.6 Å². The highest BCUT2D eigenvalue weighted by molar-refractivity contribution is 7.18. The molecule has 0 aliphatic heterocycles. The molecule has 0 unspecified atom stereocenters. The Balaban J connectivity index is 1.92. The van der Waals surface area contributed by atoms with Crippen molar-refractivity contribution in [1.82, 2.24) is 15.0 Å². The maximum Gasteiger partial charge on any atom is 0.138 e. The molecular formula is C15H11N3S. The van der Waals surface area contributed by atoms with E-state index in [1.54, 1.807) is 11.3 Å². The van der Waals surface area contributed by atoms with Crippen LogP contribution in [0.3, 0.4) is 0 Å². The van der Waals surface area contributed by atoms with E-state index in [1.165, 1.54) is 4.70 Å². The maximum atomic E-state index is 4.63. The SMILES string of the molecule is Cc1nc2ccc(-c3nc4ccccc4[nH]3)cc2s1. The van der Waals surface area contributed by atoms with Crippen molar-refractivity contribution in [3.05, 3.63) is 47.5 Å². The lowest BCUT2D eigenvalue weighted by atomic mass is 10.2. The predicted molar refractivity (Wildman–Crippen MR) is 79.4 cm³/mol. The second-order valence-electron chi connectivity index (χ2n) is 4.52. The number of benzene rings is 2. The monoisotopic (exact) mass is 265 g/mol. The Labute approximate surface area is 114 Å². The molecule has 92 valence electrons. The van der Waals surface area contributed by atoms with Gasteiger partial charge < -0.3 is 4.98 Å². The van der Waals surface area contributed by atoms with Crippen molar-refractivity contribution in [3.63, 3.8) is 0 Å². The molecule has 0 bridgehead atoms. The zero-order chi connectivity index (χ0) is 12.8. The molecule has 0 saturated carbocycles. The number of hydrogen-bond acceptors (Lipinski definition) is 3. The lowest BCUT2D eigenvalue weighted by molar-refractivity contribution is 1.33. The average molecular weight is 265 g/mol. The van der Waals surface area contributed by atoms with Gasteiger partial charge in [0, 0.05) is 5.56 Å². The first kappa shape index (κ1) is 10.7. The minimum absolute atomic E-state index is 0.911. The van der Waals surface area contributed by atoms with Gasteiger partial charge in [0.05, 0.1) is 26.3 Å². The second-order valence-corrected chi connectivity index (χ2v) is 5.75. The van der Waals surface area contributed by atoms with Gasteiger partial charge in [0.15, 0.2) is 0 Å². The summed E-state index contributed by atoms with van der Waals surface area (Å²) >= 11 is 1.72. The molecular weight excluding hydrogens is 254 g/mol. The van der Waals surface area contributed by atoms with E-state index in [9.17, 15) is 0 Å². The lowest BCUT2D eigenvalue weighted by Crippen LogP contribution is -1.79. The number of thiazole rings is 1. The summed E-state index contributed by atoms with van der Waals surface area (Å²) in [7, 11) is 0. The molecule has 1 N–H and O–H groups in total. The van der Waals surface area contributed by atoms with Crippen LogP contribution in [0.15, 0.2) is 42.5 Å². The van der Waals surface area contributed by atoms with Gasteiger partial charge in [0.1, 0.15) is 5.82 Å². The number of fused-ring (bicyclic) bond motifs is 2. The summed E-state index contributed by atoms with van der Waals surface area (Å²) in [6, 6.07) is 14.4. The molecule has 2 heterocycles. The normalized spacial score (nSPS) is 11.4. The molecule has 4 heteroatoms. The summed E-state index contributed by atoms with van der Waals surface area (Å²) in [4.78, 5) is 12.5. The van der Waals surface area contributed by atoms with Crippen molar-refractivity contribution in [2.45, 2.75) is 6.92 Å². The Kier molecular flexibility index (Phi) is 2.19. The molecule has 4 rings (SSSR count). The van der Waals surface area contributed by atoms with Crippen LogP contribution in [0.5, 0.6) is 0 Å². The first-order valence-electron chi connectivity index (χ1n) is 6.12. The van der Waals surface area contributed by atoms with E-state index in [-0.39, 0.29) is 0 Å². The van der Waals surface area contributed by atoms with Crippen molar-refractivity contribution in [2.75, 3.05) is 0 Å². The number of H-pyrrole nitrogens is 1. The van der Waals surface area contributed by atoms with Gasteiger partial charge in [-0.15, -0.1) is 11.3 Å². The van der Waals surface area contributed by atoms with Crippen molar-refractivity contribution in [2.24, 2.45) is 0 Å². The fraction of sp³-hybridized carbons (Fsp3) is 0.0667. The van der Waals surface area contributed by atoms with E-state index in [0.717, 1.165) is 32.9 Å². The highest BCUT2D eigenvalue weighted by Crippen LogP contribution is 2.27. The van der Waals surface area contributed by atoms with Crippen LogP contribution in [0.2, 0.25) is 0 Å². The van der Waals surface area contributed by atoms with Crippen LogP contribution in [0.1, 0.15) is 5.01 Å². The van der Waals surface area contributed by atoms with Crippen LogP contribution in [-0.4, -0.2) is 15.0 Å². The number of nitrogens with zero attached hydrogens (tertiary/aromatic N) is 2. The van der Waals surface area contributed by atoms with Crippen molar-refractivity contribution in [3.8, 4) is 11.4 Å². The molecule has 0 atom stereocenters. The number of aromatic nitrogens is 3. The Morgan fingerprint density at radius 3 is 2.79 bits per heavy atom. The zero-order valence-corrected chi connectivity index (χ0v) is 11.2. The van der Waals surface area contributed by atoms with E-state index in [1.807, 2.05) is 31.2 Å². The number of nitrogens with one attached hydrogen (secondary N) is 1. The van der Waals surface area contributed by atoms with Crippen molar-refractivity contribution < 1.29 is 0 Å². The highest BCUT2D eigenvalue weighted by Gasteiger charge is 2.07. The predicted octanol–water partition coefficient (Wildman–Crippen LogP) is 4.15. The molecule has 19 heavy (non-hydrogen) atoms. The minimum atomic E-state index is 0.911. The number of imidazole rings is 1. The van der Waals surface area contributed by atoms with Gasteiger partial charge >= 0.3 is 0 Å². The van der Waals surface area contributed by atoms with E-state index in [0.29, 0.717) is 0 Å². The summed E-state index contributed by atoms with van der Waals surface area (Å²) in [5, 5.41) is 1.09. The Hall–Kier alpha value is -2.20. The van der Waals surface area contributed by atoms with Crippen LogP contribution in [0.4, 0.5) is 0 Å². The van der Waals surface area contributed by atoms with Crippen LogP contribution >= 0.6 is 11.3 Å². The van der Waals surface area contributed by atoms with E-state index < -0.39 is 0 Å². The third kappa shape index (κ3) is 1.72. The quantitative estimate of drug-likeness (QED) is 0.561. The second kappa shape index (κ2) is 3.90. The summed E-state index contributed by atoms with van der Waals surface area (Å²) in [6.07, 6.45) is 0. The van der Waals surface area contributed by atoms with Crippen LogP contribution < -0.4 is 0 Å². The van der Waals surface area contributed by atoms with E-state index >= 15 is 0 Å². The summed E-state index contributed by atoms with van der Waals surface area (Å²) < 4.78 is 1.20. The molecule has 0 saturated heterocycles. The number of hydrogen-bond donors (Lipinski definition) is 1. The number of para-hydroxylation sites is 2. The fourth-order valence-electron chi connectivity index (χ4n) is 2.28. The molecule has 3 nitrogen and oxygen atoms in total. The van der Waals surface area contributed by atoms with E-state index in [2.05, 4.69) is 33.2 Å². The lowest BCUT2D eigenvalue weighted by Gasteiger charge is -1.95. The number of aryl methyl sites for hydroxylation is 1. The Bertz CT molecular complexity index is 856. The van der Waals surface area contributed by atoms with Crippen LogP contribution in [0, 0.1) is 6.92 Å². The molecule has 4 aromatic rings. The standard InChI is InChI=1S/C15H11N3S/c1-9-16-13-7-6-10(8-14(13)19-9)15-17-11-4-2-3-5-12(11)18-15/h2-8H,1H3,(H,17,18). The summed E-state index contributed by atoms with van der Waals surface area (Å²) in [5.41, 5.74) is 4.23. The molecule has 2 aromatic carbocycles. The maximum absolute atomic E-state index is 4.63. The zero-order valence-electron chi connectivity index (χ0n) is 10.3. The highest BCUT2D eigenvalue weighted by atomic mass is 32.1. The van der Waals surface area contributed by atoms with E-state index in [4.69, 9.17) is 0 Å². The van der Waals surface area contributed by atoms with Gasteiger partial charge in [-0.05, 0) is 37.3 Å². The number of aromatic amines is 1. The first-order chi connectivity index (χ1) is 9.29. The third-order valence-electron chi connectivity index (χ3n) is 3.16. The molecule has 0 spiro atoms. The molecule has 0 aliphatic carbocycles. The van der Waals surface area contributed by atoms with Gasteiger partial charge in [-0.25, -0.2) is 9.97 Å². The van der Waals surface area contributed by atoms with Gasteiger partial charge in [-0.1, -0.05) is 12.1 Å². The van der Waals surface area contributed by atoms with Gasteiger partial charge in [-0.3, -0.25) is 0 Å².